The van der Waals surface area contributed by atoms with Crippen LogP contribution in [0.3, 0.4) is 0 Å². The van der Waals surface area contributed by atoms with Crippen molar-refractivity contribution in [2.75, 3.05) is 13.2 Å². The normalized spacial score (nSPS) is 17.5. The summed E-state index contributed by atoms with van der Waals surface area (Å²) in [6, 6.07) is 9.28. The Kier molecular flexibility index (Phi) is 5.18. The van der Waals surface area contributed by atoms with Gasteiger partial charge in [-0.1, -0.05) is 17.9 Å². The van der Waals surface area contributed by atoms with Crippen molar-refractivity contribution in [1.29, 1.82) is 0 Å². The molecule has 1 fully saturated rings. The summed E-state index contributed by atoms with van der Waals surface area (Å²) in [6.07, 6.45) is 10.9. The highest BCUT2D eigenvalue weighted by atomic mass is 16.5. The number of fused-ring (bicyclic) bond motifs is 2. The standard InChI is InChI=1S/C28H26N4O/c1-18-6-9-29-14-20(18)4-5-21-15-31-28-24(21)13-23(16-32-28)22-11-19-7-10-33-17-26(19)25(12-22)27-3-2-8-30-27/h6,9,11-16,27,30H,2-3,7-8,10,17H2,1H3,(H,31,32). The highest BCUT2D eigenvalue weighted by Gasteiger charge is 2.24. The minimum absolute atomic E-state index is 0.411. The first kappa shape index (κ1) is 20.2. The van der Waals surface area contributed by atoms with Gasteiger partial charge in [0.05, 0.1) is 18.8 Å². The van der Waals surface area contributed by atoms with E-state index in [4.69, 9.17) is 9.72 Å². The fraction of sp³-hybridized carbons (Fsp3) is 0.286. The molecule has 2 aliphatic heterocycles. The zero-order valence-corrected chi connectivity index (χ0v) is 18.7. The molecule has 3 aromatic heterocycles. The van der Waals surface area contributed by atoms with Crippen LogP contribution in [-0.2, 0) is 17.8 Å². The molecule has 0 aliphatic carbocycles. The molecule has 0 bridgehead atoms. The molecule has 0 amide bonds. The molecule has 33 heavy (non-hydrogen) atoms. The van der Waals surface area contributed by atoms with Gasteiger partial charge in [0.2, 0.25) is 0 Å². The fourth-order valence-corrected chi connectivity index (χ4v) is 4.93. The van der Waals surface area contributed by atoms with E-state index >= 15 is 0 Å². The Bertz CT molecular complexity index is 1400. The average molecular weight is 435 g/mol. The number of pyridine rings is 2. The first-order valence-electron chi connectivity index (χ1n) is 11.6. The van der Waals surface area contributed by atoms with Gasteiger partial charge in [-0.05, 0) is 78.7 Å². The molecule has 0 saturated carbocycles. The van der Waals surface area contributed by atoms with Crippen LogP contribution in [-0.4, -0.2) is 28.1 Å². The lowest BCUT2D eigenvalue weighted by molar-refractivity contribution is 0.109. The summed E-state index contributed by atoms with van der Waals surface area (Å²) in [5.41, 5.74) is 10.4. The van der Waals surface area contributed by atoms with Crippen molar-refractivity contribution >= 4 is 11.0 Å². The molecule has 1 aromatic carbocycles. The topological polar surface area (TPSA) is 62.8 Å². The first-order chi connectivity index (χ1) is 16.3. The van der Waals surface area contributed by atoms with Crippen molar-refractivity contribution in [3.05, 3.63) is 82.4 Å². The number of nitrogens with zero attached hydrogens (tertiary/aromatic N) is 2. The van der Waals surface area contributed by atoms with Crippen molar-refractivity contribution < 1.29 is 4.74 Å². The predicted molar refractivity (Wildman–Crippen MR) is 130 cm³/mol. The summed E-state index contributed by atoms with van der Waals surface area (Å²) in [6.45, 7) is 4.64. The number of benzene rings is 1. The minimum Gasteiger partial charge on any atom is -0.376 e. The number of nitrogens with one attached hydrogen (secondary N) is 2. The second-order valence-corrected chi connectivity index (χ2v) is 8.92. The molecule has 1 saturated heterocycles. The van der Waals surface area contributed by atoms with E-state index in [1.54, 1.807) is 6.20 Å². The summed E-state index contributed by atoms with van der Waals surface area (Å²) in [7, 11) is 0. The van der Waals surface area contributed by atoms with Gasteiger partial charge in [0.25, 0.3) is 0 Å². The van der Waals surface area contributed by atoms with E-state index in [0.717, 1.165) is 52.9 Å². The molecule has 164 valence electrons. The second-order valence-electron chi connectivity index (χ2n) is 8.92. The van der Waals surface area contributed by atoms with Gasteiger partial charge in [-0.2, -0.15) is 0 Å². The Morgan fingerprint density at radius 2 is 2.03 bits per heavy atom. The minimum atomic E-state index is 0.411. The van der Waals surface area contributed by atoms with Crippen LogP contribution in [0.1, 0.15) is 52.3 Å². The maximum absolute atomic E-state index is 5.81. The van der Waals surface area contributed by atoms with Crippen LogP contribution in [0.5, 0.6) is 0 Å². The Morgan fingerprint density at radius 3 is 2.91 bits per heavy atom. The van der Waals surface area contributed by atoms with Crippen LogP contribution in [0.2, 0.25) is 0 Å². The highest BCUT2D eigenvalue weighted by molar-refractivity contribution is 5.87. The molecular weight excluding hydrogens is 408 g/mol. The Balaban J connectivity index is 1.43. The average Bonchev–Trinajstić information content (AvgIpc) is 3.53. The van der Waals surface area contributed by atoms with Crippen LogP contribution < -0.4 is 5.32 Å². The van der Waals surface area contributed by atoms with E-state index in [0.29, 0.717) is 12.6 Å². The molecule has 5 heteroatoms. The van der Waals surface area contributed by atoms with E-state index in [9.17, 15) is 0 Å². The summed E-state index contributed by atoms with van der Waals surface area (Å²) >= 11 is 0. The maximum atomic E-state index is 5.81. The van der Waals surface area contributed by atoms with Gasteiger partial charge in [-0.3, -0.25) is 4.98 Å². The maximum Gasteiger partial charge on any atom is 0.138 e. The molecule has 5 heterocycles. The Morgan fingerprint density at radius 1 is 1.09 bits per heavy atom. The number of aromatic amines is 1. The van der Waals surface area contributed by atoms with Gasteiger partial charge in [0.15, 0.2) is 0 Å². The molecule has 0 spiro atoms. The van der Waals surface area contributed by atoms with Gasteiger partial charge in [-0.25, -0.2) is 4.98 Å². The van der Waals surface area contributed by atoms with Gasteiger partial charge < -0.3 is 15.0 Å². The largest absolute Gasteiger partial charge is 0.376 e. The number of aryl methyl sites for hydroxylation is 1. The molecule has 0 radical (unpaired) electrons. The number of rotatable bonds is 2. The number of H-pyrrole nitrogens is 1. The Hall–Kier alpha value is -3.46. The van der Waals surface area contributed by atoms with Crippen LogP contribution in [0.25, 0.3) is 22.2 Å². The Labute approximate surface area is 193 Å². The summed E-state index contributed by atoms with van der Waals surface area (Å²) in [4.78, 5) is 12.2. The van der Waals surface area contributed by atoms with Gasteiger partial charge >= 0.3 is 0 Å². The molecular formula is C28H26N4O. The lowest BCUT2D eigenvalue weighted by atomic mass is 9.88. The van der Waals surface area contributed by atoms with Gasteiger partial charge in [-0.15, -0.1) is 0 Å². The molecule has 4 aromatic rings. The number of hydrogen-bond acceptors (Lipinski definition) is 4. The summed E-state index contributed by atoms with van der Waals surface area (Å²) in [5.74, 6) is 6.59. The van der Waals surface area contributed by atoms with Crippen molar-refractivity contribution in [3.8, 4) is 23.0 Å². The lowest BCUT2D eigenvalue weighted by Crippen LogP contribution is -2.19. The van der Waals surface area contributed by atoms with Crippen LogP contribution >= 0.6 is 0 Å². The smallest absolute Gasteiger partial charge is 0.138 e. The SMILES string of the molecule is Cc1ccncc1C#Cc1c[nH]c2ncc(-c3cc4c(c(C5CCCN5)c3)COCC4)cc12. The third-order valence-corrected chi connectivity index (χ3v) is 6.81. The third-order valence-electron chi connectivity index (χ3n) is 6.81. The summed E-state index contributed by atoms with van der Waals surface area (Å²) < 4.78 is 5.81. The quantitative estimate of drug-likeness (QED) is 0.444. The van der Waals surface area contributed by atoms with E-state index < -0.39 is 0 Å². The zero-order valence-electron chi connectivity index (χ0n) is 18.7. The predicted octanol–water partition coefficient (Wildman–Crippen LogP) is 4.83. The molecule has 2 N–H and O–H groups in total. The van der Waals surface area contributed by atoms with E-state index in [1.807, 2.05) is 24.7 Å². The molecule has 5 nitrogen and oxygen atoms in total. The molecule has 1 atom stereocenters. The van der Waals surface area contributed by atoms with E-state index in [2.05, 4.69) is 52.2 Å². The van der Waals surface area contributed by atoms with Crippen LogP contribution in [0.4, 0.5) is 0 Å². The van der Waals surface area contributed by atoms with E-state index in [1.165, 1.54) is 35.1 Å². The number of ether oxygens (including phenoxy) is 1. The molecule has 6 rings (SSSR count). The van der Waals surface area contributed by atoms with Gasteiger partial charge in [0, 0.05) is 47.3 Å². The number of hydrogen-bond donors (Lipinski definition) is 2. The van der Waals surface area contributed by atoms with Crippen molar-refractivity contribution in [2.24, 2.45) is 0 Å². The molecule has 2 aliphatic rings. The van der Waals surface area contributed by atoms with E-state index in [-0.39, 0.29) is 0 Å². The van der Waals surface area contributed by atoms with Gasteiger partial charge in [0.1, 0.15) is 5.65 Å². The van der Waals surface area contributed by atoms with Crippen molar-refractivity contribution in [2.45, 2.75) is 38.8 Å². The second kappa shape index (κ2) is 8.47. The molecule has 1 unspecified atom stereocenters. The number of aromatic nitrogens is 3. The van der Waals surface area contributed by atoms with Crippen molar-refractivity contribution in [1.82, 2.24) is 20.3 Å². The highest BCUT2D eigenvalue weighted by Crippen LogP contribution is 2.35. The fourth-order valence-electron chi connectivity index (χ4n) is 4.93. The van der Waals surface area contributed by atoms with Crippen LogP contribution in [0, 0.1) is 18.8 Å². The lowest BCUT2D eigenvalue weighted by Gasteiger charge is -2.24. The first-order valence-corrected chi connectivity index (χ1v) is 11.6. The third kappa shape index (κ3) is 3.82. The zero-order chi connectivity index (χ0) is 22.2. The monoisotopic (exact) mass is 434 g/mol. The summed E-state index contributed by atoms with van der Waals surface area (Å²) in [5, 5.41) is 4.72. The van der Waals surface area contributed by atoms with Crippen LogP contribution in [0.15, 0.2) is 49.1 Å². The van der Waals surface area contributed by atoms with Crippen molar-refractivity contribution in [3.63, 3.8) is 0 Å².